The fraction of sp³-hybridized carbons (Fsp3) is 0.200. The SMILES string of the molecule is CN(C)c1ccc(NCc2cccc(Cl)c2F)cc1Cl. The van der Waals surface area contributed by atoms with E-state index in [4.69, 9.17) is 23.2 Å². The Morgan fingerprint density at radius 1 is 1.10 bits per heavy atom. The van der Waals surface area contributed by atoms with Crippen LogP contribution in [0.15, 0.2) is 36.4 Å². The molecule has 0 aromatic heterocycles. The van der Waals surface area contributed by atoms with E-state index in [0.717, 1.165) is 11.4 Å². The third-order valence-electron chi connectivity index (χ3n) is 2.94. The third kappa shape index (κ3) is 3.35. The molecule has 0 saturated heterocycles. The maximum atomic E-state index is 13.7. The van der Waals surface area contributed by atoms with Crippen LogP contribution in [-0.2, 0) is 6.54 Å². The summed E-state index contributed by atoms with van der Waals surface area (Å²) < 4.78 is 13.7. The van der Waals surface area contributed by atoms with Crippen LogP contribution in [0.25, 0.3) is 0 Å². The summed E-state index contributed by atoms with van der Waals surface area (Å²) in [5.74, 6) is -0.391. The first-order chi connectivity index (χ1) is 9.49. The minimum absolute atomic E-state index is 0.130. The number of anilines is 2. The van der Waals surface area contributed by atoms with Crippen molar-refractivity contribution in [2.24, 2.45) is 0 Å². The van der Waals surface area contributed by atoms with Gasteiger partial charge in [-0.3, -0.25) is 0 Å². The molecule has 0 aliphatic heterocycles. The van der Waals surface area contributed by atoms with Gasteiger partial charge in [0.25, 0.3) is 0 Å². The second kappa shape index (κ2) is 6.33. The lowest BCUT2D eigenvalue weighted by atomic mass is 10.2. The average Bonchev–Trinajstić information content (AvgIpc) is 2.40. The Labute approximate surface area is 128 Å². The van der Waals surface area contributed by atoms with Gasteiger partial charge < -0.3 is 10.2 Å². The highest BCUT2D eigenvalue weighted by atomic mass is 35.5. The average molecular weight is 313 g/mol. The van der Waals surface area contributed by atoms with Crippen LogP contribution in [0.5, 0.6) is 0 Å². The normalized spacial score (nSPS) is 10.4. The molecule has 0 atom stereocenters. The highest BCUT2D eigenvalue weighted by Gasteiger charge is 2.07. The molecule has 0 fully saturated rings. The molecule has 0 spiro atoms. The summed E-state index contributed by atoms with van der Waals surface area (Å²) in [6, 6.07) is 10.6. The smallest absolute Gasteiger partial charge is 0.146 e. The van der Waals surface area contributed by atoms with E-state index in [9.17, 15) is 4.39 Å². The first-order valence-electron chi connectivity index (χ1n) is 6.12. The molecular formula is C15H15Cl2FN2. The van der Waals surface area contributed by atoms with Crippen molar-refractivity contribution in [3.05, 3.63) is 57.8 Å². The van der Waals surface area contributed by atoms with Crippen molar-refractivity contribution < 1.29 is 4.39 Å². The predicted octanol–water partition coefficient (Wildman–Crippen LogP) is 4.81. The summed E-state index contributed by atoms with van der Waals surface area (Å²) in [7, 11) is 3.85. The fourth-order valence-corrected chi connectivity index (χ4v) is 2.41. The lowest BCUT2D eigenvalue weighted by Gasteiger charge is -2.16. The molecule has 2 rings (SSSR count). The van der Waals surface area contributed by atoms with Gasteiger partial charge in [-0.15, -0.1) is 0 Å². The van der Waals surface area contributed by atoms with Gasteiger partial charge in [0, 0.05) is 31.9 Å². The lowest BCUT2D eigenvalue weighted by Crippen LogP contribution is -2.09. The van der Waals surface area contributed by atoms with Gasteiger partial charge in [0.15, 0.2) is 0 Å². The van der Waals surface area contributed by atoms with Crippen LogP contribution >= 0.6 is 23.2 Å². The molecule has 0 amide bonds. The zero-order valence-corrected chi connectivity index (χ0v) is 12.8. The minimum atomic E-state index is -0.391. The second-order valence-corrected chi connectivity index (χ2v) is 5.44. The van der Waals surface area contributed by atoms with Crippen LogP contribution in [-0.4, -0.2) is 14.1 Å². The second-order valence-electron chi connectivity index (χ2n) is 4.63. The van der Waals surface area contributed by atoms with Gasteiger partial charge in [0.05, 0.1) is 15.7 Å². The van der Waals surface area contributed by atoms with Crippen LogP contribution in [0.1, 0.15) is 5.56 Å². The van der Waals surface area contributed by atoms with Gasteiger partial charge in [-0.1, -0.05) is 35.3 Å². The largest absolute Gasteiger partial charge is 0.381 e. The van der Waals surface area contributed by atoms with Crippen LogP contribution in [0.2, 0.25) is 10.0 Å². The Kier molecular flexibility index (Phi) is 4.73. The molecule has 0 aliphatic rings. The molecule has 2 aromatic rings. The standard InChI is InChI=1S/C15H15Cl2FN2/c1-20(2)14-7-6-11(8-13(14)17)19-9-10-4-3-5-12(16)15(10)18/h3-8,19H,9H2,1-2H3. The zero-order chi connectivity index (χ0) is 14.7. The summed E-state index contributed by atoms with van der Waals surface area (Å²) in [6.07, 6.45) is 0. The summed E-state index contributed by atoms with van der Waals surface area (Å²) in [6.45, 7) is 0.351. The molecular weight excluding hydrogens is 298 g/mol. The van der Waals surface area contributed by atoms with E-state index in [1.54, 1.807) is 12.1 Å². The summed E-state index contributed by atoms with van der Waals surface area (Å²) >= 11 is 11.9. The van der Waals surface area contributed by atoms with E-state index in [2.05, 4.69) is 5.32 Å². The molecule has 0 heterocycles. The number of hydrogen-bond acceptors (Lipinski definition) is 2. The topological polar surface area (TPSA) is 15.3 Å². The van der Waals surface area contributed by atoms with Crippen LogP contribution in [0, 0.1) is 5.82 Å². The van der Waals surface area contributed by atoms with Gasteiger partial charge in [-0.25, -0.2) is 4.39 Å². The molecule has 0 aliphatic carbocycles. The van der Waals surface area contributed by atoms with Gasteiger partial charge in [-0.05, 0) is 24.3 Å². The van der Waals surface area contributed by atoms with E-state index in [1.807, 2.05) is 37.2 Å². The molecule has 2 aromatic carbocycles. The van der Waals surface area contributed by atoms with Crippen LogP contribution < -0.4 is 10.2 Å². The first kappa shape index (κ1) is 14.9. The maximum absolute atomic E-state index is 13.7. The Morgan fingerprint density at radius 2 is 1.85 bits per heavy atom. The molecule has 2 nitrogen and oxygen atoms in total. The predicted molar refractivity (Wildman–Crippen MR) is 84.5 cm³/mol. The van der Waals surface area contributed by atoms with Crippen molar-refractivity contribution in [1.29, 1.82) is 0 Å². The highest BCUT2D eigenvalue weighted by molar-refractivity contribution is 6.33. The number of benzene rings is 2. The van der Waals surface area contributed by atoms with Crippen molar-refractivity contribution in [3.8, 4) is 0 Å². The molecule has 0 saturated carbocycles. The van der Waals surface area contributed by atoms with E-state index >= 15 is 0 Å². The van der Waals surface area contributed by atoms with Gasteiger partial charge in [-0.2, -0.15) is 0 Å². The van der Waals surface area contributed by atoms with E-state index < -0.39 is 5.82 Å². The van der Waals surface area contributed by atoms with Gasteiger partial charge in [0.1, 0.15) is 5.82 Å². The van der Waals surface area contributed by atoms with Gasteiger partial charge >= 0.3 is 0 Å². The Bertz CT molecular complexity index is 615. The quantitative estimate of drug-likeness (QED) is 0.871. The van der Waals surface area contributed by atoms with Crippen molar-refractivity contribution in [2.75, 3.05) is 24.3 Å². The Balaban J connectivity index is 2.11. The van der Waals surface area contributed by atoms with E-state index in [0.29, 0.717) is 17.1 Å². The molecule has 5 heteroatoms. The number of halogens is 3. The molecule has 20 heavy (non-hydrogen) atoms. The number of rotatable bonds is 4. The highest BCUT2D eigenvalue weighted by Crippen LogP contribution is 2.28. The van der Waals surface area contributed by atoms with Crippen molar-refractivity contribution in [1.82, 2.24) is 0 Å². The van der Waals surface area contributed by atoms with Crippen LogP contribution in [0.4, 0.5) is 15.8 Å². The molecule has 0 unspecified atom stereocenters. The summed E-state index contributed by atoms with van der Waals surface area (Å²) in [5, 5.41) is 3.91. The third-order valence-corrected chi connectivity index (χ3v) is 3.54. The minimum Gasteiger partial charge on any atom is -0.381 e. The molecule has 0 bridgehead atoms. The number of hydrogen-bond donors (Lipinski definition) is 1. The Morgan fingerprint density at radius 3 is 2.50 bits per heavy atom. The van der Waals surface area contributed by atoms with Gasteiger partial charge in [0.2, 0.25) is 0 Å². The van der Waals surface area contributed by atoms with E-state index in [-0.39, 0.29) is 5.02 Å². The lowest BCUT2D eigenvalue weighted by molar-refractivity contribution is 0.613. The number of nitrogens with zero attached hydrogens (tertiary/aromatic N) is 1. The summed E-state index contributed by atoms with van der Waals surface area (Å²) in [4.78, 5) is 1.93. The van der Waals surface area contributed by atoms with Crippen molar-refractivity contribution in [2.45, 2.75) is 6.54 Å². The molecule has 0 radical (unpaired) electrons. The molecule has 106 valence electrons. The maximum Gasteiger partial charge on any atom is 0.146 e. The zero-order valence-electron chi connectivity index (χ0n) is 11.3. The Hall–Kier alpha value is -1.45. The first-order valence-corrected chi connectivity index (χ1v) is 6.88. The monoisotopic (exact) mass is 312 g/mol. The van der Waals surface area contributed by atoms with Crippen LogP contribution in [0.3, 0.4) is 0 Å². The fourth-order valence-electron chi connectivity index (χ4n) is 1.86. The van der Waals surface area contributed by atoms with E-state index in [1.165, 1.54) is 6.07 Å². The van der Waals surface area contributed by atoms with Crippen molar-refractivity contribution in [3.63, 3.8) is 0 Å². The van der Waals surface area contributed by atoms with Crippen molar-refractivity contribution >= 4 is 34.6 Å². The summed E-state index contributed by atoms with van der Waals surface area (Å²) in [5.41, 5.74) is 2.29. The molecule has 1 N–H and O–H groups in total. The number of nitrogens with one attached hydrogen (secondary N) is 1.